The van der Waals surface area contributed by atoms with Gasteiger partial charge in [0.15, 0.2) is 5.75 Å². The molecular formula is C7H4ClF2NO4. The molecule has 1 heterocycles. The third kappa shape index (κ3) is 3.55. The maximum Gasteiger partial charge on any atom is 0.512 e. The second kappa shape index (κ2) is 4.74. The van der Waals surface area contributed by atoms with E-state index >= 15 is 0 Å². The SMILES string of the molecule is O=C(O)Oc1cc(OC(F)F)c(Cl)cn1. The number of carboxylic acid groups (broad SMARTS) is 1. The molecule has 5 nitrogen and oxygen atoms in total. The molecule has 1 aromatic heterocycles. The first-order chi connectivity index (χ1) is 6.99. The maximum absolute atomic E-state index is 11.8. The Kier molecular flexibility index (Phi) is 3.62. The summed E-state index contributed by atoms with van der Waals surface area (Å²) in [4.78, 5) is 13.5. The molecule has 0 radical (unpaired) electrons. The molecular weight excluding hydrogens is 236 g/mol. The smallest absolute Gasteiger partial charge is 0.449 e. The fourth-order valence-electron chi connectivity index (χ4n) is 0.734. The van der Waals surface area contributed by atoms with Crippen LogP contribution in [-0.2, 0) is 0 Å². The first kappa shape index (κ1) is 11.4. The van der Waals surface area contributed by atoms with Gasteiger partial charge in [-0.25, -0.2) is 9.78 Å². The normalized spacial score (nSPS) is 10.1. The standard InChI is InChI=1S/C7H4ClF2NO4/c8-3-2-11-5(15-7(12)13)1-4(3)14-6(9)10/h1-2,6H,(H,12,13). The van der Waals surface area contributed by atoms with Gasteiger partial charge in [0.05, 0.1) is 6.20 Å². The van der Waals surface area contributed by atoms with E-state index in [-0.39, 0.29) is 5.02 Å². The minimum atomic E-state index is -3.07. The molecule has 0 saturated heterocycles. The highest BCUT2D eigenvalue weighted by Gasteiger charge is 2.12. The van der Waals surface area contributed by atoms with Crippen LogP contribution >= 0.6 is 11.6 Å². The molecule has 82 valence electrons. The van der Waals surface area contributed by atoms with Crippen molar-refractivity contribution in [3.8, 4) is 11.6 Å². The van der Waals surface area contributed by atoms with E-state index in [2.05, 4.69) is 14.5 Å². The second-order valence-electron chi connectivity index (χ2n) is 2.20. The van der Waals surface area contributed by atoms with Gasteiger partial charge in [0.25, 0.3) is 0 Å². The van der Waals surface area contributed by atoms with Crippen molar-refractivity contribution < 1.29 is 28.2 Å². The van der Waals surface area contributed by atoms with Gasteiger partial charge in [-0.15, -0.1) is 0 Å². The molecule has 15 heavy (non-hydrogen) atoms. The van der Waals surface area contributed by atoms with E-state index in [1.54, 1.807) is 0 Å². The largest absolute Gasteiger partial charge is 0.512 e. The zero-order valence-corrected chi connectivity index (χ0v) is 7.74. The zero-order valence-electron chi connectivity index (χ0n) is 6.99. The molecule has 0 spiro atoms. The van der Waals surface area contributed by atoms with Crippen LogP contribution in [0.4, 0.5) is 13.6 Å². The lowest BCUT2D eigenvalue weighted by Crippen LogP contribution is -2.06. The van der Waals surface area contributed by atoms with Gasteiger partial charge in [0.1, 0.15) is 5.02 Å². The van der Waals surface area contributed by atoms with E-state index in [9.17, 15) is 13.6 Å². The van der Waals surface area contributed by atoms with E-state index in [4.69, 9.17) is 16.7 Å². The van der Waals surface area contributed by atoms with Gasteiger partial charge in [-0.2, -0.15) is 8.78 Å². The van der Waals surface area contributed by atoms with Crippen molar-refractivity contribution in [1.29, 1.82) is 0 Å². The van der Waals surface area contributed by atoms with Crippen LogP contribution in [0.5, 0.6) is 11.6 Å². The Labute approximate surface area is 87.2 Å². The molecule has 0 bridgehead atoms. The topological polar surface area (TPSA) is 68.7 Å². The second-order valence-corrected chi connectivity index (χ2v) is 2.61. The number of halogens is 3. The first-order valence-corrected chi connectivity index (χ1v) is 3.88. The van der Waals surface area contributed by atoms with Crippen molar-refractivity contribution in [2.75, 3.05) is 0 Å². The molecule has 0 fully saturated rings. The fourth-order valence-corrected chi connectivity index (χ4v) is 0.882. The van der Waals surface area contributed by atoms with Gasteiger partial charge in [-0.3, -0.25) is 0 Å². The summed E-state index contributed by atoms with van der Waals surface area (Å²) in [6.45, 7) is -3.07. The molecule has 1 aromatic rings. The van der Waals surface area contributed by atoms with E-state index in [0.29, 0.717) is 0 Å². The molecule has 0 unspecified atom stereocenters. The van der Waals surface area contributed by atoms with Crippen LogP contribution in [0.15, 0.2) is 12.3 Å². The molecule has 0 amide bonds. The van der Waals surface area contributed by atoms with Crippen molar-refractivity contribution >= 4 is 17.8 Å². The maximum atomic E-state index is 11.8. The lowest BCUT2D eigenvalue weighted by atomic mass is 10.4. The van der Waals surface area contributed by atoms with Crippen LogP contribution in [0, 0.1) is 0 Å². The van der Waals surface area contributed by atoms with Crippen LogP contribution < -0.4 is 9.47 Å². The van der Waals surface area contributed by atoms with Crippen LogP contribution in [0.3, 0.4) is 0 Å². The van der Waals surface area contributed by atoms with Crippen LogP contribution in [-0.4, -0.2) is 22.9 Å². The lowest BCUT2D eigenvalue weighted by molar-refractivity contribution is -0.0499. The number of alkyl halides is 2. The third-order valence-corrected chi connectivity index (χ3v) is 1.49. The predicted octanol–water partition coefficient (Wildman–Crippen LogP) is 2.39. The monoisotopic (exact) mass is 239 g/mol. The number of ether oxygens (including phenoxy) is 2. The summed E-state index contributed by atoms with van der Waals surface area (Å²) < 4.78 is 31.8. The number of aromatic nitrogens is 1. The van der Waals surface area contributed by atoms with Gasteiger partial charge < -0.3 is 14.6 Å². The summed E-state index contributed by atoms with van der Waals surface area (Å²) in [5, 5.41) is 8.05. The quantitative estimate of drug-likeness (QED) is 0.820. The molecule has 0 aliphatic carbocycles. The summed E-state index contributed by atoms with van der Waals surface area (Å²) in [7, 11) is 0. The Hall–Kier alpha value is -1.63. The first-order valence-electron chi connectivity index (χ1n) is 3.50. The predicted molar refractivity (Wildman–Crippen MR) is 44.5 cm³/mol. The Bertz CT molecular complexity index is 374. The van der Waals surface area contributed by atoms with Crippen molar-refractivity contribution in [1.82, 2.24) is 4.98 Å². The Balaban J connectivity index is 2.89. The Morgan fingerprint density at radius 1 is 1.60 bits per heavy atom. The fraction of sp³-hybridized carbons (Fsp3) is 0.143. The van der Waals surface area contributed by atoms with Crippen LogP contribution in [0.25, 0.3) is 0 Å². The van der Waals surface area contributed by atoms with Gasteiger partial charge >= 0.3 is 12.8 Å². The number of pyridine rings is 1. The van der Waals surface area contributed by atoms with Crippen molar-refractivity contribution in [3.63, 3.8) is 0 Å². The number of hydrogen-bond donors (Lipinski definition) is 1. The average Bonchev–Trinajstić information content (AvgIpc) is 2.09. The minimum absolute atomic E-state index is 0.173. The van der Waals surface area contributed by atoms with E-state index in [0.717, 1.165) is 12.3 Å². The molecule has 0 aliphatic rings. The Morgan fingerprint density at radius 3 is 2.80 bits per heavy atom. The highest BCUT2D eigenvalue weighted by molar-refractivity contribution is 6.31. The molecule has 1 N–H and O–H groups in total. The van der Waals surface area contributed by atoms with Crippen molar-refractivity contribution in [2.24, 2.45) is 0 Å². The van der Waals surface area contributed by atoms with E-state index in [1.165, 1.54) is 0 Å². The molecule has 0 aromatic carbocycles. The molecule has 0 aliphatic heterocycles. The number of rotatable bonds is 3. The van der Waals surface area contributed by atoms with Crippen molar-refractivity contribution in [2.45, 2.75) is 6.61 Å². The van der Waals surface area contributed by atoms with E-state index in [1.807, 2.05) is 0 Å². The number of hydrogen-bond acceptors (Lipinski definition) is 4. The summed E-state index contributed by atoms with van der Waals surface area (Å²) >= 11 is 5.45. The lowest BCUT2D eigenvalue weighted by Gasteiger charge is -2.06. The molecule has 8 heteroatoms. The summed E-state index contributed by atoms with van der Waals surface area (Å²) in [5.41, 5.74) is 0. The van der Waals surface area contributed by atoms with Crippen LogP contribution in [0.1, 0.15) is 0 Å². The Morgan fingerprint density at radius 2 is 2.27 bits per heavy atom. The van der Waals surface area contributed by atoms with Gasteiger partial charge in [0, 0.05) is 6.07 Å². The third-order valence-electron chi connectivity index (χ3n) is 1.20. The molecule has 0 saturated carbocycles. The average molecular weight is 240 g/mol. The summed E-state index contributed by atoms with van der Waals surface area (Å²) in [5.74, 6) is -0.805. The van der Waals surface area contributed by atoms with E-state index < -0.39 is 24.4 Å². The van der Waals surface area contributed by atoms with Gasteiger partial charge in [0.2, 0.25) is 5.88 Å². The summed E-state index contributed by atoms with van der Waals surface area (Å²) in [6, 6.07) is 0.850. The van der Waals surface area contributed by atoms with Gasteiger partial charge in [-0.1, -0.05) is 11.6 Å². The minimum Gasteiger partial charge on any atom is -0.449 e. The van der Waals surface area contributed by atoms with Crippen LogP contribution in [0.2, 0.25) is 5.02 Å². The van der Waals surface area contributed by atoms with Crippen molar-refractivity contribution in [3.05, 3.63) is 17.3 Å². The zero-order chi connectivity index (χ0) is 11.4. The summed E-state index contributed by atoms with van der Waals surface area (Å²) in [6.07, 6.45) is -0.676. The molecule has 0 atom stereocenters. The highest BCUT2D eigenvalue weighted by Crippen LogP contribution is 2.28. The highest BCUT2D eigenvalue weighted by atomic mass is 35.5. The number of nitrogens with zero attached hydrogens (tertiary/aromatic N) is 1. The van der Waals surface area contributed by atoms with Gasteiger partial charge in [-0.05, 0) is 0 Å². The molecule has 1 rings (SSSR count). The number of carbonyl (C=O) groups is 1.